The van der Waals surface area contributed by atoms with Crippen LogP contribution in [0.3, 0.4) is 0 Å². The Morgan fingerprint density at radius 3 is 2.50 bits per heavy atom. The lowest BCUT2D eigenvalue weighted by Crippen LogP contribution is -2.31. The first-order valence-corrected chi connectivity index (χ1v) is 7.92. The van der Waals surface area contributed by atoms with Crippen LogP contribution >= 0.6 is 0 Å². The number of rotatable bonds is 7. The topological polar surface area (TPSA) is 105 Å². The van der Waals surface area contributed by atoms with Crippen LogP contribution in [0.25, 0.3) is 0 Å². The van der Waals surface area contributed by atoms with Gasteiger partial charge in [-0.3, -0.25) is 9.59 Å². The number of benzene rings is 1. The molecule has 11 heteroatoms. The van der Waals surface area contributed by atoms with E-state index in [1.54, 1.807) is 0 Å². The lowest BCUT2D eigenvalue weighted by atomic mass is 10.1. The van der Waals surface area contributed by atoms with Crippen LogP contribution in [0.5, 0.6) is 5.75 Å². The molecule has 0 atom stereocenters. The van der Waals surface area contributed by atoms with E-state index in [1.165, 1.54) is 13.2 Å². The monoisotopic (exact) mass is 402 g/mol. The Kier molecular flexibility index (Phi) is 6.29. The van der Waals surface area contributed by atoms with Crippen LogP contribution in [0, 0.1) is 0 Å². The molecule has 0 saturated carbocycles. The third-order valence-electron chi connectivity index (χ3n) is 3.94. The van der Waals surface area contributed by atoms with Crippen molar-refractivity contribution >= 4 is 23.3 Å². The number of methoxy groups -OCH3 is 2. The normalized spacial score (nSPS) is 14.4. The molecule has 2 N–H and O–H groups in total. The number of hydrogen-bond donors (Lipinski definition) is 2. The number of halogens is 3. The molecule has 0 bridgehead atoms. The summed E-state index contributed by atoms with van der Waals surface area (Å²) < 4.78 is 48.3. The smallest absolute Gasteiger partial charge is 0.454 e. The van der Waals surface area contributed by atoms with Gasteiger partial charge < -0.3 is 24.8 Å². The van der Waals surface area contributed by atoms with Crippen molar-refractivity contribution in [1.29, 1.82) is 0 Å². The van der Waals surface area contributed by atoms with Gasteiger partial charge >= 0.3 is 12.1 Å². The first-order chi connectivity index (χ1) is 13.1. The number of Topliss-reactive ketones (excluding diaryl/α,β-unsaturated/α-hetero) is 1. The van der Waals surface area contributed by atoms with Gasteiger partial charge in [0.05, 0.1) is 44.2 Å². The molecule has 0 unspecified atom stereocenters. The van der Waals surface area contributed by atoms with E-state index in [0.717, 1.165) is 24.1 Å². The minimum absolute atomic E-state index is 0.0000218. The molecule has 28 heavy (non-hydrogen) atoms. The highest BCUT2D eigenvalue weighted by Crippen LogP contribution is 2.31. The van der Waals surface area contributed by atoms with Crippen molar-refractivity contribution in [2.24, 2.45) is 0 Å². The summed E-state index contributed by atoms with van der Waals surface area (Å²) in [4.78, 5) is 37.4. The second-order valence-corrected chi connectivity index (χ2v) is 5.66. The van der Waals surface area contributed by atoms with Crippen LogP contribution in [-0.2, 0) is 14.3 Å². The molecule has 1 aromatic carbocycles. The van der Waals surface area contributed by atoms with E-state index in [2.05, 4.69) is 10.1 Å². The van der Waals surface area contributed by atoms with Gasteiger partial charge in [-0.2, -0.15) is 13.2 Å². The number of aliphatic hydroxyl groups excluding tert-OH is 1. The Morgan fingerprint density at radius 1 is 1.29 bits per heavy atom. The summed E-state index contributed by atoms with van der Waals surface area (Å²) in [7, 11) is 2.30. The lowest BCUT2D eigenvalue weighted by molar-refractivity contribution is -0.136. The molecule has 0 radical (unpaired) electrons. The first-order valence-electron chi connectivity index (χ1n) is 7.92. The van der Waals surface area contributed by atoms with Crippen LogP contribution in [0.4, 0.5) is 18.9 Å². The molecule has 0 spiro atoms. The highest BCUT2D eigenvalue weighted by molar-refractivity contribution is 6.11. The van der Waals surface area contributed by atoms with Gasteiger partial charge in [0.15, 0.2) is 0 Å². The Morgan fingerprint density at radius 2 is 1.96 bits per heavy atom. The van der Waals surface area contributed by atoms with E-state index in [9.17, 15) is 27.6 Å². The summed E-state index contributed by atoms with van der Waals surface area (Å²) in [5.41, 5.74) is -1.58. The number of alkyl halides is 3. The third kappa shape index (κ3) is 4.25. The number of ether oxygens (including phenoxy) is 2. The average molecular weight is 402 g/mol. The zero-order valence-corrected chi connectivity index (χ0v) is 14.9. The van der Waals surface area contributed by atoms with Gasteiger partial charge in [-0.25, -0.2) is 4.79 Å². The van der Waals surface area contributed by atoms with Gasteiger partial charge in [0, 0.05) is 6.54 Å². The number of ketones is 1. The number of carbonyl (C=O) groups is 3. The molecule has 1 heterocycles. The first kappa shape index (κ1) is 21.2. The molecular formula is C17H17F3N2O6. The number of nitrogens with zero attached hydrogens (tertiary/aromatic N) is 1. The molecular weight excluding hydrogens is 385 g/mol. The summed E-state index contributed by atoms with van der Waals surface area (Å²) in [5.74, 6) is -3.74. The molecule has 8 nitrogen and oxygen atoms in total. The number of nitrogens with one attached hydrogen (secondary N) is 1. The second kappa shape index (κ2) is 8.30. The maximum absolute atomic E-state index is 13.0. The van der Waals surface area contributed by atoms with E-state index in [1.807, 2.05) is 0 Å². The summed E-state index contributed by atoms with van der Waals surface area (Å²) in [6, 6.07) is 3.29. The average Bonchev–Trinajstić information content (AvgIpc) is 2.96. The number of esters is 1. The van der Waals surface area contributed by atoms with Crippen LogP contribution < -0.4 is 10.1 Å². The Bertz CT molecular complexity index is 835. The van der Waals surface area contributed by atoms with E-state index in [-0.39, 0.29) is 42.4 Å². The van der Waals surface area contributed by atoms with Crippen molar-refractivity contribution in [3.8, 4) is 5.75 Å². The van der Waals surface area contributed by atoms with E-state index in [4.69, 9.17) is 9.84 Å². The van der Waals surface area contributed by atoms with Gasteiger partial charge in [0.25, 0.3) is 11.7 Å². The van der Waals surface area contributed by atoms with Crippen molar-refractivity contribution < 1.29 is 42.1 Å². The SMILES string of the molecule is COC(=O)C1=C(Nc2ccc(OC)cc2C(=O)C(F)(F)F)C(=O)N(CCO)C1. The Hall–Kier alpha value is -3.08. The fraction of sp³-hybridized carbons (Fsp3) is 0.353. The molecule has 0 aromatic heterocycles. The zero-order valence-electron chi connectivity index (χ0n) is 14.9. The summed E-state index contributed by atoms with van der Waals surface area (Å²) >= 11 is 0. The van der Waals surface area contributed by atoms with Gasteiger partial charge in [0.2, 0.25) is 0 Å². The second-order valence-electron chi connectivity index (χ2n) is 5.66. The molecule has 1 aliphatic rings. The number of carbonyl (C=O) groups excluding carboxylic acids is 3. The number of anilines is 1. The quantitative estimate of drug-likeness (QED) is 0.520. The summed E-state index contributed by atoms with van der Waals surface area (Å²) in [6.07, 6.45) is -5.16. The van der Waals surface area contributed by atoms with Crippen LogP contribution in [0.15, 0.2) is 29.5 Å². The number of aliphatic hydroxyl groups is 1. The minimum Gasteiger partial charge on any atom is -0.497 e. The molecule has 2 rings (SSSR count). The Labute approximate surface area is 157 Å². The molecule has 1 amide bonds. The van der Waals surface area contributed by atoms with Crippen LogP contribution in [0.1, 0.15) is 10.4 Å². The lowest BCUT2D eigenvalue weighted by Gasteiger charge is -2.17. The standard InChI is InChI=1S/C17H17F3N2O6/c1-27-9-3-4-12(10(7-9)14(24)17(18,19)20)21-13-11(16(26)28-2)8-22(5-6-23)15(13)25/h3-4,7,21,23H,5-6,8H2,1-2H3. The maximum Gasteiger partial charge on any atom is 0.454 e. The van der Waals surface area contributed by atoms with Crippen molar-refractivity contribution in [2.75, 3.05) is 39.2 Å². The van der Waals surface area contributed by atoms with Gasteiger partial charge in [0.1, 0.15) is 11.4 Å². The maximum atomic E-state index is 13.0. The fourth-order valence-corrected chi connectivity index (χ4v) is 2.58. The predicted octanol–water partition coefficient (Wildman–Crippen LogP) is 1.11. The van der Waals surface area contributed by atoms with Crippen molar-refractivity contribution in [2.45, 2.75) is 6.18 Å². The molecule has 0 fully saturated rings. The number of β-amino-alcohol motifs (C(OH)–C–C–N with tert-alkyl or cyclic N) is 1. The van der Waals surface area contributed by atoms with E-state index < -0.39 is 29.4 Å². The third-order valence-corrected chi connectivity index (χ3v) is 3.94. The Balaban J connectivity index is 2.51. The highest BCUT2D eigenvalue weighted by Gasteiger charge is 2.41. The summed E-state index contributed by atoms with van der Waals surface area (Å²) in [5, 5.41) is 11.5. The van der Waals surface area contributed by atoms with Crippen LogP contribution in [-0.4, -0.2) is 67.8 Å². The molecule has 1 aliphatic heterocycles. The van der Waals surface area contributed by atoms with Crippen molar-refractivity contribution in [3.05, 3.63) is 35.0 Å². The molecule has 152 valence electrons. The summed E-state index contributed by atoms with van der Waals surface area (Å²) in [6.45, 7) is -0.678. The largest absolute Gasteiger partial charge is 0.497 e. The number of hydrogen-bond acceptors (Lipinski definition) is 7. The van der Waals surface area contributed by atoms with E-state index in [0.29, 0.717) is 0 Å². The van der Waals surface area contributed by atoms with Gasteiger partial charge in [-0.1, -0.05) is 0 Å². The van der Waals surface area contributed by atoms with Crippen molar-refractivity contribution in [1.82, 2.24) is 4.90 Å². The molecule has 0 aliphatic carbocycles. The number of amides is 1. The van der Waals surface area contributed by atoms with Crippen molar-refractivity contribution in [3.63, 3.8) is 0 Å². The predicted molar refractivity (Wildman–Crippen MR) is 89.7 cm³/mol. The fourth-order valence-electron chi connectivity index (χ4n) is 2.58. The van der Waals surface area contributed by atoms with Gasteiger partial charge in [-0.15, -0.1) is 0 Å². The minimum atomic E-state index is -5.16. The van der Waals surface area contributed by atoms with Crippen LogP contribution in [0.2, 0.25) is 0 Å². The zero-order chi connectivity index (χ0) is 21.1. The van der Waals surface area contributed by atoms with Gasteiger partial charge in [-0.05, 0) is 18.2 Å². The van der Waals surface area contributed by atoms with E-state index >= 15 is 0 Å². The molecule has 1 aromatic rings. The molecule has 0 saturated heterocycles. The highest BCUT2D eigenvalue weighted by atomic mass is 19.4.